The molecule has 0 radical (unpaired) electrons. The summed E-state index contributed by atoms with van der Waals surface area (Å²) in [4.78, 5) is 0. The van der Waals surface area contributed by atoms with E-state index in [2.05, 4.69) is 45.0 Å². The van der Waals surface area contributed by atoms with E-state index in [1.807, 2.05) is 12.1 Å². The zero-order valence-electron chi connectivity index (χ0n) is 11.5. The number of unbranched alkanes of at least 4 members (excludes halogenated alkanes) is 1. The lowest BCUT2D eigenvalue weighted by molar-refractivity contribution is 0.475. The number of phenolic OH excluding ortho intramolecular Hbond substituents is 1. The molecule has 0 saturated carbocycles. The summed E-state index contributed by atoms with van der Waals surface area (Å²) in [6.07, 6.45) is 2.64. The molecule has 2 aromatic rings. The van der Waals surface area contributed by atoms with E-state index in [1.54, 1.807) is 12.1 Å². The molecule has 0 heterocycles. The van der Waals surface area contributed by atoms with Gasteiger partial charge in [-0.05, 0) is 30.2 Å². The number of benzene rings is 2. The first-order valence-electron chi connectivity index (χ1n) is 6.53. The number of rotatable bonds is 2. The van der Waals surface area contributed by atoms with Crippen molar-refractivity contribution in [2.24, 2.45) is 0 Å². The van der Waals surface area contributed by atoms with E-state index >= 15 is 0 Å². The van der Waals surface area contributed by atoms with E-state index in [0.717, 1.165) is 5.56 Å². The summed E-state index contributed by atoms with van der Waals surface area (Å²) >= 11 is 0. The van der Waals surface area contributed by atoms with Crippen LogP contribution in [-0.2, 0) is 0 Å². The average molecular weight is 242 g/mol. The van der Waals surface area contributed by atoms with Gasteiger partial charge in [-0.3, -0.25) is 0 Å². The van der Waals surface area contributed by atoms with Gasteiger partial charge >= 0.3 is 0 Å². The Bertz CT molecular complexity index is 395. The minimum atomic E-state index is 0.306. The van der Waals surface area contributed by atoms with Crippen LogP contribution in [0.1, 0.15) is 32.3 Å². The second-order valence-electron chi connectivity index (χ2n) is 4.41. The van der Waals surface area contributed by atoms with Gasteiger partial charge in [0.1, 0.15) is 5.75 Å². The predicted molar refractivity (Wildman–Crippen MR) is 78.9 cm³/mol. The average Bonchev–Trinajstić information content (AvgIpc) is 2.41. The van der Waals surface area contributed by atoms with Crippen LogP contribution in [0.3, 0.4) is 0 Å². The van der Waals surface area contributed by atoms with Gasteiger partial charge in [0.25, 0.3) is 0 Å². The van der Waals surface area contributed by atoms with Gasteiger partial charge in [-0.15, -0.1) is 0 Å². The predicted octanol–water partition coefficient (Wildman–Crippen LogP) is 5.17. The summed E-state index contributed by atoms with van der Waals surface area (Å²) in [7, 11) is 0. The molecule has 18 heavy (non-hydrogen) atoms. The highest BCUT2D eigenvalue weighted by Gasteiger charge is 1.96. The molecule has 2 aromatic carbocycles. The van der Waals surface area contributed by atoms with Crippen LogP contribution in [-0.4, -0.2) is 5.11 Å². The molecule has 0 aliphatic heterocycles. The molecule has 0 aliphatic carbocycles. The minimum absolute atomic E-state index is 0.306. The van der Waals surface area contributed by atoms with Crippen molar-refractivity contribution in [2.75, 3.05) is 0 Å². The van der Waals surface area contributed by atoms with Gasteiger partial charge in [0.05, 0.1) is 0 Å². The summed E-state index contributed by atoms with van der Waals surface area (Å²) in [5.41, 5.74) is 3.56. The molecule has 1 heteroatoms. The van der Waals surface area contributed by atoms with Crippen LogP contribution < -0.4 is 0 Å². The molecule has 2 rings (SSSR count). The topological polar surface area (TPSA) is 20.2 Å². The van der Waals surface area contributed by atoms with Crippen molar-refractivity contribution in [3.63, 3.8) is 0 Å². The van der Waals surface area contributed by atoms with Crippen LogP contribution in [0, 0.1) is 6.92 Å². The molecule has 0 fully saturated rings. The van der Waals surface area contributed by atoms with Gasteiger partial charge in [0, 0.05) is 0 Å². The van der Waals surface area contributed by atoms with Gasteiger partial charge in [-0.1, -0.05) is 68.7 Å². The van der Waals surface area contributed by atoms with Crippen LogP contribution in [0.2, 0.25) is 0 Å². The van der Waals surface area contributed by atoms with Gasteiger partial charge < -0.3 is 5.11 Å². The number of phenols is 1. The maximum absolute atomic E-state index is 9.15. The first-order valence-corrected chi connectivity index (χ1v) is 6.53. The van der Waals surface area contributed by atoms with E-state index in [0.29, 0.717) is 5.75 Å². The maximum Gasteiger partial charge on any atom is 0.115 e. The Balaban J connectivity index is 0.000000357. The van der Waals surface area contributed by atoms with Gasteiger partial charge in [-0.25, -0.2) is 0 Å². The molecule has 0 unspecified atom stereocenters. The largest absolute Gasteiger partial charge is 0.508 e. The van der Waals surface area contributed by atoms with Crippen LogP contribution >= 0.6 is 0 Å². The smallest absolute Gasteiger partial charge is 0.115 e. The third-order valence-corrected chi connectivity index (χ3v) is 2.75. The third-order valence-electron chi connectivity index (χ3n) is 2.75. The molecule has 0 bridgehead atoms. The fourth-order valence-electron chi connectivity index (χ4n) is 1.40. The van der Waals surface area contributed by atoms with Crippen molar-refractivity contribution >= 4 is 0 Å². The summed E-state index contributed by atoms with van der Waals surface area (Å²) in [5.74, 6) is 0.306. The summed E-state index contributed by atoms with van der Waals surface area (Å²) in [5, 5.41) is 9.15. The van der Waals surface area contributed by atoms with Crippen LogP contribution in [0.4, 0.5) is 0 Å². The SMILES string of the molecule is CCCC.Cc1ccc(-c2ccc(O)cc2)cc1. The highest BCUT2D eigenvalue weighted by molar-refractivity contribution is 5.64. The number of hydrogen-bond acceptors (Lipinski definition) is 1. The van der Waals surface area contributed by atoms with E-state index in [9.17, 15) is 0 Å². The first kappa shape index (κ1) is 14.3. The molecule has 0 aliphatic rings. The van der Waals surface area contributed by atoms with E-state index in [-0.39, 0.29) is 0 Å². The molecule has 0 amide bonds. The van der Waals surface area contributed by atoms with Crippen LogP contribution in [0.15, 0.2) is 48.5 Å². The lowest BCUT2D eigenvalue weighted by atomic mass is 10.0. The Morgan fingerprint density at radius 2 is 1.11 bits per heavy atom. The van der Waals surface area contributed by atoms with Crippen molar-refractivity contribution < 1.29 is 5.11 Å². The molecule has 0 aromatic heterocycles. The van der Waals surface area contributed by atoms with Crippen molar-refractivity contribution in [3.05, 3.63) is 54.1 Å². The van der Waals surface area contributed by atoms with Crippen LogP contribution in [0.25, 0.3) is 11.1 Å². The Kier molecular flexibility index (Phi) is 5.99. The van der Waals surface area contributed by atoms with Crippen molar-refractivity contribution in [1.82, 2.24) is 0 Å². The second-order valence-corrected chi connectivity index (χ2v) is 4.41. The fraction of sp³-hybridized carbons (Fsp3) is 0.294. The molecule has 0 atom stereocenters. The Morgan fingerprint density at radius 3 is 1.50 bits per heavy atom. The summed E-state index contributed by atoms with van der Waals surface area (Å²) in [6.45, 7) is 6.43. The third kappa shape index (κ3) is 4.62. The molecular weight excluding hydrogens is 220 g/mol. The van der Waals surface area contributed by atoms with Crippen molar-refractivity contribution in [3.8, 4) is 16.9 Å². The first-order chi connectivity index (χ1) is 8.67. The quantitative estimate of drug-likeness (QED) is 0.769. The monoisotopic (exact) mass is 242 g/mol. The lowest BCUT2D eigenvalue weighted by Gasteiger charge is -2.01. The molecule has 1 N–H and O–H groups in total. The van der Waals surface area contributed by atoms with Crippen molar-refractivity contribution in [1.29, 1.82) is 0 Å². The Labute approximate surface area is 110 Å². The number of hydrogen-bond donors (Lipinski definition) is 1. The zero-order valence-corrected chi connectivity index (χ0v) is 11.5. The molecule has 1 nitrogen and oxygen atoms in total. The minimum Gasteiger partial charge on any atom is -0.508 e. The standard InChI is InChI=1S/C13H12O.C4H10/c1-10-2-4-11(5-3-10)12-6-8-13(14)9-7-12;1-3-4-2/h2-9,14H,1H3;3-4H2,1-2H3. The zero-order chi connectivity index (χ0) is 13.4. The highest BCUT2D eigenvalue weighted by Crippen LogP contribution is 2.21. The van der Waals surface area contributed by atoms with Crippen molar-refractivity contribution in [2.45, 2.75) is 33.6 Å². The molecule has 0 spiro atoms. The lowest BCUT2D eigenvalue weighted by Crippen LogP contribution is -1.77. The molecule has 96 valence electrons. The molecule has 0 saturated heterocycles. The van der Waals surface area contributed by atoms with Gasteiger partial charge in [0.2, 0.25) is 0 Å². The van der Waals surface area contributed by atoms with E-state index in [4.69, 9.17) is 5.11 Å². The van der Waals surface area contributed by atoms with E-state index < -0.39 is 0 Å². The normalized spacial score (nSPS) is 9.50. The Morgan fingerprint density at radius 1 is 0.722 bits per heavy atom. The number of aromatic hydroxyl groups is 1. The fourth-order valence-corrected chi connectivity index (χ4v) is 1.40. The highest BCUT2D eigenvalue weighted by atomic mass is 16.3. The van der Waals surface area contributed by atoms with E-state index in [1.165, 1.54) is 24.0 Å². The molecular formula is C17H22O. The Hall–Kier alpha value is -1.76. The van der Waals surface area contributed by atoms with Gasteiger partial charge in [-0.2, -0.15) is 0 Å². The van der Waals surface area contributed by atoms with Crippen LogP contribution in [0.5, 0.6) is 5.75 Å². The maximum atomic E-state index is 9.15. The summed E-state index contributed by atoms with van der Waals surface area (Å²) in [6, 6.07) is 15.6. The second kappa shape index (κ2) is 7.54. The number of aryl methyl sites for hydroxylation is 1. The summed E-state index contributed by atoms with van der Waals surface area (Å²) < 4.78 is 0. The van der Waals surface area contributed by atoms with Gasteiger partial charge in [0.15, 0.2) is 0 Å².